The van der Waals surface area contributed by atoms with Crippen LogP contribution in [0.15, 0.2) is 0 Å². The summed E-state index contributed by atoms with van der Waals surface area (Å²) in [5.41, 5.74) is 0. The Labute approximate surface area is 104 Å². The molecule has 1 atom stereocenters. The lowest BCUT2D eigenvalue weighted by Gasteiger charge is -2.35. The lowest BCUT2D eigenvalue weighted by molar-refractivity contribution is -0.134. The predicted molar refractivity (Wildman–Crippen MR) is 67.0 cm³/mol. The maximum absolute atomic E-state index is 12.0. The average Bonchev–Trinajstić information content (AvgIpc) is 2.82. The second-order valence-corrected chi connectivity index (χ2v) is 4.41. The third kappa shape index (κ3) is 3.09. The van der Waals surface area contributed by atoms with Crippen molar-refractivity contribution in [2.45, 2.75) is 25.8 Å². The van der Waals surface area contributed by atoms with Gasteiger partial charge in [0.1, 0.15) is 0 Å². The molecule has 2 heterocycles. The Bertz CT molecular complexity index is 223. The van der Waals surface area contributed by atoms with Crippen molar-refractivity contribution < 1.29 is 4.79 Å². The molecule has 0 unspecified atom stereocenters. The summed E-state index contributed by atoms with van der Waals surface area (Å²) in [6.07, 6.45) is 2.16. The van der Waals surface area contributed by atoms with Crippen LogP contribution in [0.1, 0.15) is 19.8 Å². The van der Waals surface area contributed by atoms with Gasteiger partial charge in [0.25, 0.3) is 0 Å². The van der Waals surface area contributed by atoms with Gasteiger partial charge in [-0.3, -0.25) is 4.79 Å². The summed E-state index contributed by atoms with van der Waals surface area (Å²) in [6.45, 7) is 8.17. The van der Waals surface area contributed by atoms with Crippen LogP contribution in [-0.4, -0.2) is 61.0 Å². The summed E-state index contributed by atoms with van der Waals surface area (Å²) in [5.74, 6) is 0.322. The highest BCUT2D eigenvalue weighted by atomic mass is 35.5. The van der Waals surface area contributed by atoms with Gasteiger partial charge in [-0.1, -0.05) is 6.92 Å². The van der Waals surface area contributed by atoms with Crippen LogP contribution in [0.3, 0.4) is 0 Å². The smallest absolute Gasteiger partial charge is 0.239 e. The molecular weight excluding hydrogens is 226 g/mol. The molecule has 0 spiro atoms. The summed E-state index contributed by atoms with van der Waals surface area (Å²) in [5, 5.41) is 3.27. The molecule has 0 aromatic carbocycles. The van der Waals surface area contributed by atoms with E-state index in [1.54, 1.807) is 0 Å². The summed E-state index contributed by atoms with van der Waals surface area (Å²) < 4.78 is 0. The lowest BCUT2D eigenvalue weighted by atomic mass is 10.2. The van der Waals surface area contributed by atoms with Crippen LogP contribution in [0.25, 0.3) is 0 Å². The summed E-state index contributed by atoms with van der Waals surface area (Å²) >= 11 is 0. The van der Waals surface area contributed by atoms with E-state index in [0.717, 1.165) is 52.1 Å². The van der Waals surface area contributed by atoms with Crippen molar-refractivity contribution in [3.8, 4) is 0 Å². The normalized spacial score (nSPS) is 26.6. The Hall–Kier alpha value is -0.320. The van der Waals surface area contributed by atoms with Crippen molar-refractivity contribution in [3.63, 3.8) is 0 Å². The standard InChI is InChI=1S/C11H21N3O.ClH/c1-2-13-6-8-14(9-7-13)11(15)10-4-3-5-12-10;/h10,12H,2-9H2,1H3;1H/t10-;/m0./s1. The topological polar surface area (TPSA) is 35.6 Å². The molecule has 1 N–H and O–H groups in total. The first-order valence-corrected chi connectivity index (χ1v) is 6.06. The molecule has 0 radical (unpaired) electrons. The zero-order chi connectivity index (χ0) is 10.7. The Morgan fingerprint density at radius 3 is 2.50 bits per heavy atom. The summed E-state index contributed by atoms with van der Waals surface area (Å²) in [7, 11) is 0. The SMILES string of the molecule is CCN1CCN(C(=O)[C@@H]2CCCN2)CC1.Cl. The van der Waals surface area contributed by atoms with Crippen LogP contribution < -0.4 is 5.32 Å². The van der Waals surface area contributed by atoms with E-state index in [4.69, 9.17) is 0 Å². The monoisotopic (exact) mass is 247 g/mol. The zero-order valence-electron chi connectivity index (χ0n) is 9.95. The molecule has 0 saturated carbocycles. The van der Waals surface area contributed by atoms with Gasteiger partial charge in [0.2, 0.25) is 5.91 Å². The highest BCUT2D eigenvalue weighted by Crippen LogP contribution is 2.10. The van der Waals surface area contributed by atoms with Crippen molar-refractivity contribution in [1.82, 2.24) is 15.1 Å². The second-order valence-electron chi connectivity index (χ2n) is 4.41. The van der Waals surface area contributed by atoms with Crippen LogP contribution in [-0.2, 0) is 4.79 Å². The Balaban J connectivity index is 0.00000128. The van der Waals surface area contributed by atoms with E-state index < -0.39 is 0 Å². The third-order valence-electron chi connectivity index (χ3n) is 3.49. The maximum atomic E-state index is 12.0. The molecule has 2 fully saturated rings. The molecule has 0 bridgehead atoms. The van der Waals surface area contributed by atoms with Gasteiger partial charge in [-0.15, -0.1) is 12.4 Å². The number of halogens is 1. The fourth-order valence-corrected chi connectivity index (χ4v) is 2.40. The lowest BCUT2D eigenvalue weighted by Crippen LogP contribution is -2.52. The van der Waals surface area contributed by atoms with Crippen LogP contribution in [0.5, 0.6) is 0 Å². The first-order valence-electron chi connectivity index (χ1n) is 6.06. The van der Waals surface area contributed by atoms with Crippen LogP contribution in [0, 0.1) is 0 Å². The van der Waals surface area contributed by atoms with E-state index in [-0.39, 0.29) is 18.4 Å². The number of likely N-dealkylation sites (N-methyl/N-ethyl adjacent to an activating group) is 1. The number of hydrogen-bond acceptors (Lipinski definition) is 3. The van der Waals surface area contributed by atoms with Gasteiger partial charge in [0, 0.05) is 26.2 Å². The minimum absolute atomic E-state index is 0. The van der Waals surface area contributed by atoms with Crippen molar-refractivity contribution in [2.75, 3.05) is 39.3 Å². The van der Waals surface area contributed by atoms with E-state index in [0.29, 0.717) is 5.91 Å². The van der Waals surface area contributed by atoms with Gasteiger partial charge < -0.3 is 15.1 Å². The quantitative estimate of drug-likeness (QED) is 0.764. The van der Waals surface area contributed by atoms with Gasteiger partial charge in [0.05, 0.1) is 6.04 Å². The highest BCUT2D eigenvalue weighted by Gasteiger charge is 2.28. The minimum Gasteiger partial charge on any atom is -0.339 e. The largest absolute Gasteiger partial charge is 0.339 e. The van der Waals surface area contributed by atoms with Crippen LogP contribution in [0.4, 0.5) is 0 Å². The van der Waals surface area contributed by atoms with Gasteiger partial charge in [-0.25, -0.2) is 0 Å². The number of nitrogens with zero attached hydrogens (tertiary/aromatic N) is 2. The van der Waals surface area contributed by atoms with E-state index in [9.17, 15) is 4.79 Å². The van der Waals surface area contributed by atoms with Crippen molar-refractivity contribution in [2.24, 2.45) is 0 Å². The van der Waals surface area contributed by atoms with Crippen LogP contribution in [0.2, 0.25) is 0 Å². The molecule has 5 heteroatoms. The Morgan fingerprint density at radius 1 is 1.31 bits per heavy atom. The molecule has 2 rings (SSSR count). The maximum Gasteiger partial charge on any atom is 0.239 e. The zero-order valence-corrected chi connectivity index (χ0v) is 10.8. The number of amides is 1. The van der Waals surface area contributed by atoms with Gasteiger partial charge in [0.15, 0.2) is 0 Å². The van der Waals surface area contributed by atoms with Crippen LogP contribution >= 0.6 is 12.4 Å². The molecule has 1 amide bonds. The molecular formula is C11H22ClN3O. The number of piperazine rings is 1. The minimum atomic E-state index is 0. The van der Waals surface area contributed by atoms with Crippen molar-refractivity contribution in [1.29, 1.82) is 0 Å². The second kappa shape index (κ2) is 6.42. The molecule has 94 valence electrons. The number of carbonyl (C=O) groups excluding carboxylic acids is 1. The van der Waals surface area contributed by atoms with Crippen molar-refractivity contribution in [3.05, 3.63) is 0 Å². The molecule has 16 heavy (non-hydrogen) atoms. The fourth-order valence-electron chi connectivity index (χ4n) is 2.40. The number of carbonyl (C=O) groups is 1. The predicted octanol–water partition coefficient (Wildman–Crippen LogP) is 0.324. The van der Waals surface area contributed by atoms with Gasteiger partial charge in [-0.05, 0) is 25.9 Å². The van der Waals surface area contributed by atoms with E-state index in [1.807, 2.05) is 4.90 Å². The van der Waals surface area contributed by atoms with E-state index in [1.165, 1.54) is 0 Å². The molecule has 4 nitrogen and oxygen atoms in total. The first-order chi connectivity index (χ1) is 7.31. The molecule has 0 aromatic heterocycles. The fraction of sp³-hybridized carbons (Fsp3) is 0.909. The highest BCUT2D eigenvalue weighted by molar-refractivity contribution is 5.85. The Morgan fingerprint density at radius 2 is 2.00 bits per heavy atom. The summed E-state index contributed by atoms with van der Waals surface area (Å²) in [4.78, 5) is 16.5. The molecule has 0 aromatic rings. The Kier molecular flexibility index (Phi) is 5.52. The van der Waals surface area contributed by atoms with Gasteiger partial charge in [-0.2, -0.15) is 0 Å². The third-order valence-corrected chi connectivity index (χ3v) is 3.49. The molecule has 0 aliphatic carbocycles. The molecule has 2 saturated heterocycles. The van der Waals surface area contributed by atoms with E-state index >= 15 is 0 Å². The first kappa shape index (κ1) is 13.7. The number of nitrogens with one attached hydrogen (secondary N) is 1. The molecule has 2 aliphatic heterocycles. The number of hydrogen-bond donors (Lipinski definition) is 1. The van der Waals surface area contributed by atoms with E-state index in [2.05, 4.69) is 17.1 Å². The summed E-state index contributed by atoms with van der Waals surface area (Å²) in [6, 6.07) is 0.109. The number of rotatable bonds is 2. The van der Waals surface area contributed by atoms with Crippen molar-refractivity contribution >= 4 is 18.3 Å². The average molecular weight is 248 g/mol. The molecule has 2 aliphatic rings. The van der Waals surface area contributed by atoms with Gasteiger partial charge >= 0.3 is 0 Å².